The molecule has 12 heavy (non-hydrogen) atoms. The molecule has 5 nitrogen and oxygen atoms in total. The Kier molecular flexibility index (Phi) is 10.3. The van der Waals surface area contributed by atoms with Crippen LogP contribution in [0.2, 0.25) is 0 Å². The zero-order chi connectivity index (χ0) is 8.69. The number of carbonyl (C=O) groups is 1. The number of carboxylic acids is 1. The Bertz CT molecular complexity index is 123. The second-order valence-corrected chi connectivity index (χ2v) is 2.34. The Hall–Kier alpha value is -0.360. The molecule has 0 rings (SSSR count). The average Bonchev–Trinajstić information content (AvgIpc) is 1.97. The van der Waals surface area contributed by atoms with Gasteiger partial charge in [0.05, 0.1) is 0 Å². The number of hydrogen-bond acceptors (Lipinski definition) is 4. The fourth-order valence-electron chi connectivity index (χ4n) is 0.771. The van der Waals surface area contributed by atoms with Gasteiger partial charge in [0.1, 0.15) is 6.04 Å². The molecule has 0 aromatic heterocycles. The molecule has 0 bridgehead atoms. The Morgan fingerprint density at radius 3 is 2.42 bits per heavy atom. The van der Waals surface area contributed by atoms with Gasteiger partial charge in [0.25, 0.3) is 0 Å². The van der Waals surface area contributed by atoms with Crippen LogP contribution in [0.15, 0.2) is 0 Å². The molecular weight excluding hydrogens is 182 g/mol. The Balaban J connectivity index is 0. The summed E-state index contributed by atoms with van der Waals surface area (Å²) >= 11 is 0. The van der Waals surface area contributed by atoms with Crippen molar-refractivity contribution in [3.63, 3.8) is 0 Å². The van der Waals surface area contributed by atoms with E-state index in [-0.39, 0.29) is 12.4 Å². The first kappa shape index (κ1) is 14.2. The van der Waals surface area contributed by atoms with Crippen LogP contribution in [0.1, 0.15) is 19.3 Å². The van der Waals surface area contributed by atoms with E-state index < -0.39 is 12.0 Å². The molecule has 0 amide bonds. The number of aliphatic carboxylic acids is 1. The number of hydrazine groups is 1. The number of unbranched alkanes of at least 4 members (excludes halogenated alkanes) is 1. The number of halogens is 1. The number of hydrogen-bond donors (Lipinski definition) is 4. The van der Waals surface area contributed by atoms with Crippen molar-refractivity contribution in [1.29, 1.82) is 0 Å². The van der Waals surface area contributed by atoms with E-state index in [0.29, 0.717) is 13.0 Å². The van der Waals surface area contributed by atoms with Crippen molar-refractivity contribution in [3.05, 3.63) is 0 Å². The van der Waals surface area contributed by atoms with Gasteiger partial charge in [0.15, 0.2) is 0 Å². The minimum Gasteiger partial charge on any atom is -0.480 e. The number of carboxylic acid groups (broad SMARTS) is 1. The molecule has 6 N–H and O–H groups in total. The molecule has 0 aliphatic rings. The fraction of sp³-hybridized carbons (Fsp3) is 0.833. The lowest BCUT2D eigenvalue weighted by atomic mass is 10.1. The van der Waals surface area contributed by atoms with Gasteiger partial charge in [-0.1, -0.05) is 0 Å². The van der Waals surface area contributed by atoms with Gasteiger partial charge in [-0.2, -0.15) is 0 Å². The average molecular weight is 198 g/mol. The van der Waals surface area contributed by atoms with E-state index in [0.717, 1.165) is 12.8 Å². The summed E-state index contributed by atoms with van der Waals surface area (Å²) in [4.78, 5) is 10.4. The molecule has 0 aliphatic carbocycles. The summed E-state index contributed by atoms with van der Waals surface area (Å²) in [5.74, 6) is 4.08. The molecule has 1 atom stereocenters. The molecule has 0 unspecified atom stereocenters. The summed E-state index contributed by atoms with van der Waals surface area (Å²) in [7, 11) is 0. The number of rotatable bonds is 6. The van der Waals surface area contributed by atoms with Gasteiger partial charge < -0.3 is 10.8 Å². The Morgan fingerprint density at radius 2 is 2.08 bits per heavy atom. The van der Waals surface area contributed by atoms with Crippen LogP contribution < -0.4 is 17.0 Å². The molecule has 0 radical (unpaired) electrons. The molecule has 74 valence electrons. The lowest BCUT2D eigenvalue weighted by molar-refractivity contribution is -0.139. The van der Waals surface area contributed by atoms with E-state index in [9.17, 15) is 4.79 Å². The van der Waals surface area contributed by atoms with Crippen LogP contribution in [-0.2, 0) is 4.79 Å². The quantitative estimate of drug-likeness (QED) is 0.260. The maximum absolute atomic E-state index is 10.4. The smallest absolute Gasteiger partial charge is 0.322 e. The maximum atomic E-state index is 10.4. The van der Waals surface area contributed by atoms with Crippen molar-refractivity contribution in [2.24, 2.45) is 11.6 Å². The number of nitrogens with one attached hydrogen (secondary N) is 1. The molecule has 6 heteroatoms. The molecule has 0 saturated carbocycles. The highest BCUT2D eigenvalue weighted by atomic mass is 35.5. The van der Waals surface area contributed by atoms with Gasteiger partial charge in [-0.25, -0.2) is 5.43 Å². The molecule has 0 fully saturated rings. The topological polar surface area (TPSA) is 101 Å². The van der Waals surface area contributed by atoms with Crippen molar-refractivity contribution in [2.45, 2.75) is 25.3 Å². The van der Waals surface area contributed by atoms with E-state index in [1.54, 1.807) is 0 Å². The van der Waals surface area contributed by atoms with Crippen molar-refractivity contribution < 1.29 is 9.90 Å². The molecule has 0 heterocycles. The third kappa shape index (κ3) is 6.36. The van der Waals surface area contributed by atoms with Gasteiger partial charge >= 0.3 is 5.97 Å². The molecule has 0 aliphatic heterocycles. The second kappa shape index (κ2) is 8.73. The highest BCUT2D eigenvalue weighted by molar-refractivity contribution is 5.85. The van der Waals surface area contributed by atoms with Crippen molar-refractivity contribution in [3.8, 4) is 0 Å². The van der Waals surface area contributed by atoms with Crippen LogP contribution in [-0.4, -0.2) is 23.7 Å². The maximum Gasteiger partial charge on any atom is 0.322 e. The van der Waals surface area contributed by atoms with E-state index >= 15 is 0 Å². The van der Waals surface area contributed by atoms with Gasteiger partial charge in [-0.15, -0.1) is 12.4 Å². The monoisotopic (exact) mass is 197 g/mol. The summed E-state index contributed by atoms with van der Waals surface area (Å²) in [6.07, 6.45) is 2.16. The largest absolute Gasteiger partial charge is 0.480 e. The van der Waals surface area contributed by atoms with Gasteiger partial charge in [0, 0.05) is 0 Å². The summed E-state index contributed by atoms with van der Waals surface area (Å²) in [5.41, 5.74) is 7.45. The van der Waals surface area contributed by atoms with E-state index in [1.165, 1.54) is 0 Å². The van der Waals surface area contributed by atoms with Crippen molar-refractivity contribution >= 4 is 18.4 Å². The minimum absolute atomic E-state index is 0. The summed E-state index contributed by atoms with van der Waals surface area (Å²) in [5, 5.41) is 8.50. The van der Waals surface area contributed by atoms with Gasteiger partial charge in [-0.05, 0) is 25.8 Å². The third-order valence-electron chi connectivity index (χ3n) is 1.45. The Labute approximate surface area is 77.9 Å². The van der Waals surface area contributed by atoms with Crippen LogP contribution in [0.3, 0.4) is 0 Å². The predicted molar refractivity (Wildman–Crippen MR) is 48.9 cm³/mol. The number of nitrogens with two attached hydrogens (primary N) is 2. The van der Waals surface area contributed by atoms with Gasteiger partial charge in [-0.3, -0.25) is 10.6 Å². The summed E-state index contributed by atoms with van der Waals surface area (Å²) < 4.78 is 0. The van der Waals surface area contributed by atoms with Crippen LogP contribution in [0.5, 0.6) is 0 Å². The lowest BCUT2D eigenvalue weighted by Gasteiger charge is -2.09. The standard InChI is InChI=1S/C6H15N3O2.ClH/c7-4-2-1-3-5(9-8)6(10)11;/h5,9H,1-4,7-8H2,(H,10,11);1H/t5-;/m0./s1. The zero-order valence-electron chi connectivity index (χ0n) is 6.82. The lowest BCUT2D eigenvalue weighted by Crippen LogP contribution is -2.41. The first-order valence-corrected chi connectivity index (χ1v) is 3.61. The first-order valence-electron chi connectivity index (χ1n) is 3.61. The molecule has 0 aromatic rings. The normalized spacial score (nSPS) is 11.8. The van der Waals surface area contributed by atoms with Gasteiger partial charge in [0.2, 0.25) is 0 Å². The zero-order valence-corrected chi connectivity index (χ0v) is 7.64. The second-order valence-electron chi connectivity index (χ2n) is 2.34. The van der Waals surface area contributed by atoms with Crippen LogP contribution >= 0.6 is 12.4 Å². The predicted octanol–water partition coefficient (Wildman–Crippen LogP) is -0.546. The summed E-state index contributed by atoms with van der Waals surface area (Å²) in [6.45, 7) is 0.594. The van der Waals surface area contributed by atoms with E-state index in [2.05, 4.69) is 5.43 Å². The SMILES string of the molecule is Cl.NCCCC[C@H](NN)C(=O)O. The first-order chi connectivity index (χ1) is 5.22. The molecule has 0 saturated heterocycles. The summed E-state index contributed by atoms with van der Waals surface area (Å²) in [6, 6.07) is -0.637. The van der Waals surface area contributed by atoms with Crippen LogP contribution in [0, 0.1) is 0 Å². The highest BCUT2D eigenvalue weighted by Gasteiger charge is 2.13. The highest BCUT2D eigenvalue weighted by Crippen LogP contribution is 1.98. The third-order valence-corrected chi connectivity index (χ3v) is 1.45. The minimum atomic E-state index is -0.912. The fourth-order valence-corrected chi connectivity index (χ4v) is 0.771. The molecule has 0 aromatic carbocycles. The van der Waals surface area contributed by atoms with Crippen LogP contribution in [0.25, 0.3) is 0 Å². The van der Waals surface area contributed by atoms with Crippen molar-refractivity contribution in [1.82, 2.24) is 5.43 Å². The molecule has 0 spiro atoms. The Morgan fingerprint density at radius 1 is 1.50 bits per heavy atom. The van der Waals surface area contributed by atoms with Crippen molar-refractivity contribution in [2.75, 3.05) is 6.54 Å². The van der Waals surface area contributed by atoms with Crippen LogP contribution in [0.4, 0.5) is 0 Å². The van der Waals surface area contributed by atoms with E-state index in [4.69, 9.17) is 16.7 Å². The molecular formula is C6H16ClN3O2. The van der Waals surface area contributed by atoms with E-state index in [1.807, 2.05) is 0 Å².